The second kappa shape index (κ2) is 9.15. The largest absolute Gasteiger partial charge is 0.460 e. The SMILES string of the molecule is CC(C)(C)[Si](C)(C)OS(=O)(=O)C(F)(F)C(F)(F)C(F)(F)C(F)(F)C(F)(F)C(F)(F)C(F)(F)C(F)(F)C(F)(F)F. The molecule has 0 amide bonds. The van der Waals surface area contributed by atoms with E-state index in [4.69, 9.17) is 0 Å². The fourth-order valence-corrected chi connectivity index (χ4v) is 6.01. The molecule has 3 nitrogen and oxygen atoms in total. The quantitative estimate of drug-likeness (QED) is 0.176. The van der Waals surface area contributed by atoms with Gasteiger partial charge < -0.3 is 3.87 Å². The van der Waals surface area contributed by atoms with Crippen LogP contribution >= 0.6 is 0 Å². The van der Waals surface area contributed by atoms with Crippen LogP contribution in [0.2, 0.25) is 18.1 Å². The average Bonchev–Trinajstić information content (AvgIpc) is 2.63. The molecular formula is C15H15F19O3SSi. The lowest BCUT2D eigenvalue weighted by Crippen LogP contribution is -2.76. The first kappa shape index (κ1) is 37.8. The summed E-state index contributed by atoms with van der Waals surface area (Å²) in [7, 11) is -12.0. The van der Waals surface area contributed by atoms with Crippen molar-refractivity contribution in [1.82, 2.24) is 0 Å². The normalized spacial score (nSPS) is 17.0. The van der Waals surface area contributed by atoms with E-state index in [2.05, 4.69) is 3.87 Å². The Bertz CT molecular complexity index is 1020. The van der Waals surface area contributed by atoms with Gasteiger partial charge >= 0.3 is 63.0 Å². The van der Waals surface area contributed by atoms with Crippen LogP contribution in [0.4, 0.5) is 83.4 Å². The van der Waals surface area contributed by atoms with E-state index in [9.17, 15) is 91.8 Å². The summed E-state index contributed by atoms with van der Waals surface area (Å²) in [6.07, 6.45) is -7.99. The van der Waals surface area contributed by atoms with E-state index in [1.807, 2.05) is 0 Å². The lowest BCUT2D eigenvalue weighted by Gasteiger charge is -2.44. The predicted octanol–water partition coefficient (Wildman–Crippen LogP) is 7.94. The number of hydrogen-bond donors (Lipinski definition) is 0. The first-order valence-corrected chi connectivity index (χ1v) is 13.6. The van der Waals surface area contributed by atoms with E-state index in [-0.39, 0.29) is 0 Å². The zero-order chi connectivity index (χ0) is 32.7. The minimum absolute atomic E-state index is 0.642. The van der Waals surface area contributed by atoms with Crippen LogP contribution in [0.25, 0.3) is 0 Å². The highest BCUT2D eigenvalue weighted by Crippen LogP contribution is 2.65. The van der Waals surface area contributed by atoms with Gasteiger partial charge in [0.25, 0.3) is 0 Å². The minimum Gasteiger partial charge on any atom is -0.310 e. The van der Waals surface area contributed by atoms with Crippen molar-refractivity contribution in [2.75, 3.05) is 0 Å². The van der Waals surface area contributed by atoms with E-state index in [0.29, 0.717) is 13.1 Å². The second-order valence-corrected chi connectivity index (χ2v) is 15.9. The van der Waals surface area contributed by atoms with Crippen LogP contribution in [-0.4, -0.2) is 69.6 Å². The smallest absolute Gasteiger partial charge is 0.310 e. The van der Waals surface area contributed by atoms with Crippen LogP contribution in [0.1, 0.15) is 20.8 Å². The molecule has 24 heteroatoms. The molecule has 0 unspecified atom stereocenters. The summed E-state index contributed by atoms with van der Waals surface area (Å²) in [5.74, 6) is -61.9. The Balaban J connectivity index is 7.16. The Morgan fingerprint density at radius 3 is 0.923 bits per heavy atom. The summed E-state index contributed by atoms with van der Waals surface area (Å²) in [6.45, 7) is 4.26. The van der Waals surface area contributed by atoms with Crippen LogP contribution in [0, 0.1) is 0 Å². The highest BCUT2D eigenvalue weighted by molar-refractivity contribution is 7.89. The van der Waals surface area contributed by atoms with Crippen molar-refractivity contribution in [2.24, 2.45) is 0 Å². The number of hydrogen-bond acceptors (Lipinski definition) is 3. The van der Waals surface area contributed by atoms with Crippen LogP contribution in [0.15, 0.2) is 0 Å². The first-order valence-electron chi connectivity index (χ1n) is 9.25. The van der Waals surface area contributed by atoms with Gasteiger partial charge in [-0.3, -0.25) is 0 Å². The molecule has 0 heterocycles. The Labute approximate surface area is 206 Å². The van der Waals surface area contributed by atoms with Gasteiger partial charge in [0.05, 0.1) is 0 Å². The Morgan fingerprint density at radius 2 is 0.692 bits per heavy atom. The molecule has 0 spiro atoms. The lowest BCUT2D eigenvalue weighted by atomic mass is 9.89. The van der Waals surface area contributed by atoms with Gasteiger partial charge in [0.2, 0.25) is 8.32 Å². The standard InChI is InChI=1S/C15H15F19O3SSi/c1-6(2,3)39(4,5)37-38(35,36)15(33,34)13(28,29)11(24,25)9(20,21)7(16,17)8(18,19)10(22,23)12(26,27)14(30,31)32/h1-5H3. The van der Waals surface area contributed by atoms with E-state index in [0.717, 1.165) is 20.8 Å². The van der Waals surface area contributed by atoms with E-state index < -0.39 is 76.4 Å². The number of rotatable bonds is 10. The van der Waals surface area contributed by atoms with Crippen molar-refractivity contribution >= 4 is 18.4 Å². The summed E-state index contributed by atoms with van der Waals surface area (Å²) >= 11 is 0. The highest BCUT2D eigenvalue weighted by Gasteiger charge is 2.97. The molecule has 0 fully saturated rings. The van der Waals surface area contributed by atoms with Gasteiger partial charge in [-0.15, -0.1) is 0 Å². The first-order chi connectivity index (χ1) is 16.2. The molecule has 0 aromatic rings. The maximum absolute atomic E-state index is 14.1. The molecule has 0 saturated heterocycles. The molecule has 0 aliphatic rings. The van der Waals surface area contributed by atoms with Gasteiger partial charge in [-0.05, 0) is 18.1 Å². The molecule has 39 heavy (non-hydrogen) atoms. The Hall–Kier alpha value is -1.20. The molecule has 0 saturated carbocycles. The molecule has 0 atom stereocenters. The molecule has 0 aromatic carbocycles. The van der Waals surface area contributed by atoms with Crippen molar-refractivity contribution in [1.29, 1.82) is 0 Å². The fraction of sp³-hybridized carbons (Fsp3) is 1.00. The Kier molecular flexibility index (Phi) is 8.87. The molecule has 0 aliphatic carbocycles. The van der Waals surface area contributed by atoms with Gasteiger partial charge in [-0.2, -0.15) is 91.8 Å². The summed E-state index contributed by atoms with van der Waals surface area (Å²) in [4.78, 5) is 0. The molecule has 0 bridgehead atoms. The third-order valence-electron chi connectivity index (χ3n) is 5.53. The maximum atomic E-state index is 14.1. The fourth-order valence-electron chi connectivity index (χ4n) is 1.96. The van der Waals surface area contributed by atoms with Gasteiger partial charge in [-0.1, -0.05) is 20.8 Å². The Morgan fingerprint density at radius 1 is 0.462 bits per heavy atom. The second-order valence-electron chi connectivity index (χ2n) is 9.33. The third kappa shape index (κ3) is 4.96. The average molecular weight is 664 g/mol. The number of halogens is 19. The molecule has 0 radical (unpaired) electrons. The van der Waals surface area contributed by atoms with Gasteiger partial charge in [-0.25, -0.2) is 0 Å². The van der Waals surface area contributed by atoms with Gasteiger partial charge in [0.15, 0.2) is 0 Å². The van der Waals surface area contributed by atoms with E-state index in [1.54, 1.807) is 0 Å². The van der Waals surface area contributed by atoms with Crippen molar-refractivity contribution < 1.29 is 95.7 Å². The maximum Gasteiger partial charge on any atom is 0.460 e. The summed E-state index contributed by atoms with van der Waals surface area (Å²) in [5.41, 5.74) is 0. The van der Waals surface area contributed by atoms with Crippen molar-refractivity contribution in [3.8, 4) is 0 Å². The monoisotopic (exact) mass is 664 g/mol. The lowest BCUT2D eigenvalue weighted by molar-refractivity contribution is -0.466. The zero-order valence-corrected chi connectivity index (χ0v) is 21.1. The zero-order valence-electron chi connectivity index (χ0n) is 19.3. The van der Waals surface area contributed by atoms with Gasteiger partial charge in [0, 0.05) is 0 Å². The predicted molar refractivity (Wildman–Crippen MR) is 92.8 cm³/mol. The molecule has 0 aromatic heterocycles. The third-order valence-corrected chi connectivity index (χ3v) is 12.6. The molecule has 0 rings (SSSR count). The van der Waals surface area contributed by atoms with Crippen molar-refractivity contribution in [3.05, 3.63) is 0 Å². The van der Waals surface area contributed by atoms with Crippen molar-refractivity contribution in [2.45, 2.75) is 91.8 Å². The molecule has 236 valence electrons. The van der Waals surface area contributed by atoms with Crippen LogP contribution in [0.3, 0.4) is 0 Å². The number of alkyl halides is 19. The van der Waals surface area contributed by atoms with Crippen molar-refractivity contribution in [3.63, 3.8) is 0 Å². The minimum atomic E-state index is -9.13. The highest BCUT2D eigenvalue weighted by atomic mass is 32.2. The molecule has 0 aliphatic heterocycles. The van der Waals surface area contributed by atoms with Crippen LogP contribution < -0.4 is 0 Å². The summed E-state index contributed by atoms with van der Waals surface area (Å²) in [5, 5.41) is -9.35. The summed E-state index contributed by atoms with van der Waals surface area (Å²) in [6, 6.07) is 0. The van der Waals surface area contributed by atoms with Crippen LogP contribution in [-0.2, 0) is 14.0 Å². The summed E-state index contributed by atoms with van der Waals surface area (Å²) < 4.78 is 281. The van der Waals surface area contributed by atoms with Crippen LogP contribution in [0.5, 0.6) is 0 Å². The van der Waals surface area contributed by atoms with E-state index in [1.165, 1.54) is 0 Å². The molecule has 0 N–H and O–H groups in total. The topological polar surface area (TPSA) is 43.4 Å². The van der Waals surface area contributed by atoms with Gasteiger partial charge in [0.1, 0.15) is 0 Å². The molecular weight excluding hydrogens is 649 g/mol. The van der Waals surface area contributed by atoms with E-state index >= 15 is 0 Å².